The molecule has 0 aliphatic heterocycles. The van der Waals surface area contributed by atoms with E-state index in [1.165, 1.54) is 0 Å². The predicted octanol–water partition coefficient (Wildman–Crippen LogP) is 0.574. The van der Waals surface area contributed by atoms with Crippen molar-refractivity contribution in [1.82, 2.24) is 9.78 Å². The molecule has 2 rings (SSSR count). The van der Waals surface area contributed by atoms with Gasteiger partial charge in [0.25, 0.3) is 0 Å². The number of hydrogen-bond donors (Lipinski definition) is 2. The Bertz CT molecular complexity index is 507. The zero-order valence-corrected chi connectivity index (χ0v) is 9.34. The third kappa shape index (κ3) is 1.64. The van der Waals surface area contributed by atoms with Crippen molar-refractivity contribution >= 4 is 10.9 Å². The van der Waals surface area contributed by atoms with Crippen LogP contribution in [0.3, 0.4) is 0 Å². The minimum atomic E-state index is -0.366. The number of aliphatic hydroxyl groups excluding tert-OH is 1. The van der Waals surface area contributed by atoms with E-state index in [4.69, 9.17) is 15.6 Å². The molecule has 0 bridgehead atoms. The number of aryl methyl sites for hydroxylation is 1. The van der Waals surface area contributed by atoms with Crippen molar-refractivity contribution in [2.45, 2.75) is 6.04 Å². The molecular weight excluding hydrogens is 206 g/mol. The molecule has 3 N–H and O–H groups in total. The highest BCUT2D eigenvalue weighted by atomic mass is 16.5. The van der Waals surface area contributed by atoms with Gasteiger partial charge in [0.05, 0.1) is 30.7 Å². The molecule has 0 unspecified atom stereocenters. The highest BCUT2D eigenvalue weighted by Crippen LogP contribution is 2.26. The molecule has 0 aliphatic carbocycles. The van der Waals surface area contributed by atoms with Gasteiger partial charge in [0.1, 0.15) is 0 Å². The number of aromatic nitrogens is 2. The lowest BCUT2D eigenvalue weighted by Crippen LogP contribution is -2.14. The molecule has 0 saturated heterocycles. The number of aliphatic hydroxyl groups is 1. The van der Waals surface area contributed by atoms with E-state index in [1.807, 2.05) is 25.2 Å². The van der Waals surface area contributed by atoms with Crippen molar-refractivity contribution in [3.8, 4) is 5.88 Å². The van der Waals surface area contributed by atoms with Gasteiger partial charge in [-0.2, -0.15) is 0 Å². The normalized spacial score (nSPS) is 13.0. The largest absolute Gasteiger partial charge is 0.479 e. The number of fused-ring (bicyclic) bond motifs is 1. The first-order valence-corrected chi connectivity index (χ1v) is 5.04. The number of rotatable bonds is 3. The molecule has 1 atom stereocenters. The van der Waals surface area contributed by atoms with Gasteiger partial charge in [-0.3, -0.25) is 4.68 Å². The SMILES string of the molecule is COc1nn(C)c2ccc([C@@H](N)CO)cc12. The smallest absolute Gasteiger partial charge is 0.240 e. The number of hydrogen-bond acceptors (Lipinski definition) is 4. The lowest BCUT2D eigenvalue weighted by Gasteiger charge is -2.08. The summed E-state index contributed by atoms with van der Waals surface area (Å²) in [5.74, 6) is 0.574. The lowest BCUT2D eigenvalue weighted by atomic mass is 10.1. The number of benzene rings is 1. The van der Waals surface area contributed by atoms with E-state index < -0.39 is 0 Å². The molecule has 2 aromatic rings. The van der Waals surface area contributed by atoms with Crippen LogP contribution in [-0.2, 0) is 7.05 Å². The van der Waals surface area contributed by atoms with Gasteiger partial charge in [-0.15, -0.1) is 5.10 Å². The molecular formula is C11H15N3O2. The molecule has 16 heavy (non-hydrogen) atoms. The Morgan fingerprint density at radius 3 is 2.94 bits per heavy atom. The van der Waals surface area contributed by atoms with Crippen molar-refractivity contribution in [3.63, 3.8) is 0 Å². The number of nitrogens with zero attached hydrogens (tertiary/aromatic N) is 2. The van der Waals surface area contributed by atoms with Crippen molar-refractivity contribution in [1.29, 1.82) is 0 Å². The van der Waals surface area contributed by atoms with Gasteiger partial charge in [0.2, 0.25) is 5.88 Å². The summed E-state index contributed by atoms with van der Waals surface area (Å²) in [6, 6.07) is 5.36. The highest BCUT2D eigenvalue weighted by Gasteiger charge is 2.11. The van der Waals surface area contributed by atoms with Crippen LogP contribution in [0.15, 0.2) is 18.2 Å². The molecule has 5 nitrogen and oxygen atoms in total. The van der Waals surface area contributed by atoms with Gasteiger partial charge in [-0.1, -0.05) is 6.07 Å². The number of methoxy groups -OCH3 is 1. The summed E-state index contributed by atoms with van der Waals surface area (Å²) in [5.41, 5.74) is 7.62. The van der Waals surface area contributed by atoms with E-state index >= 15 is 0 Å². The fourth-order valence-electron chi connectivity index (χ4n) is 1.74. The van der Waals surface area contributed by atoms with Crippen LogP contribution in [0.5, 0.6) is 5.88 Å². The van der Waals surface area contributed by atoms with Gasteiger partial charge in [-0.25, -0.2) is 0 Å². The van der Waals surface area contributed by atoms with Crippen LogP contribution in [0.25, 0.3) is 10.9 Å². The Hall–Kier alpha value is -1.59. The molecule has 5 heteroatoms. The molecule has 0 radical (unpaired) electrons. The van der Waals surface area contributed by atoms with Crippen molar-refractivity contribution < 1.29 is 9.84 Å². The third-order valence-corrected chi connectivity index (χ3v) is 2.66. The monoisotopic (exact) mass is 221 g/mol. The standard InChI is InChI=1S/C11H15N3O2/c1-14-10-4-3-7(9(12)6-15)5-8(10)11(13-14)16-2/h3-5,9,15H,6,12H2,1-2H3/t9-/m0/s1. The number of nitrogens with two attached hydrogens (primary N) is 1. The Morgan fingerprint density at radius 2 is 2.31 bits per heavy atom. The first-order valence-electron chi connectivity index (χ1n) is 5.04. The fraction of sp³-hybridized carbons (Fsp3) is 0.364. The van der Waals surface area contributed by atoms with Gasteiger partial charge in [-0.05, 0) is 17.7 Å². The summed E-state index contributed by atoms with van der Waals surface area (Å²) < 4.78 is 6.93. The Labute approximate surface area is 93.4 Å². The second kappa shape index (κ2) is 4.11. The maximum Gasteiger partial charge on any atom is 0.240 e. The number of ether oxygens (including phenoxy) is 1. The van der Waals surface area contributed by atoms with Gasteiger partial charge >= 0.3 is 0 Å². The molecule has 0 aliphatic rings. The van der Waals surface area contributed by atoms with Crippen molar-refractivity contribution in [2.24, 2.45) is 12.8 Å². The minimum Gasteiger partial charge on any atom is -0.479 e. The molecule has 1 aromatic heterocycles. The van der Waals surface area contributed by atoms with Crippen LogP contribution in [0.1, 0.15) is 11.6 Å². The minimum absolute atomic E-state index is 0.0753. The topological polar surface area (TPSA) is 73.3 Å². The zero-order chi connectivity index (χ0) is 11.7. The Morgan fingerprint density at radius 1 is 1.56 bits per heavy atom. The van der Waals surface area contributed by atoms with Crippen LogP contribution in [0.4, 0.5) is 0 Å². The van der Waals surface area contributed by atoms with E-state index in [0.29, 0.717) is 5.88 Å². The van der Waals surface area contributed by atoms with Gasteiger partial charge in [0.15, 0.2) is 0 Å². The molecule has 86 valence electrons. The molecule has 1 aromatic carbocycles. The van der Waals surface area contributed by atoms with Crippen LogP contribution in [0, 0.1) is 0 Å². The second-order valence-corrected chi connectivity index (χ2v) is 3.70. The molecule has 0 fully saturated rings. The van der Waals surface area contributed by atoms with Crippen LogP contribution in [0.2, 0.25) is 0 Å². The quantitative estimate of drug-likeness (QED) is 0.795. The first kappa shape index (κ1) is 10.9. The van der Waals surface area contributed by atoms with Crippen LogP contribution in [-0.4, -0.2) is 28.6 Å². The molecule has 1 heterocycles. The molecule has 0 amide bonds. The van der Waals surface area contributed by atoms with E-state index in [2.05, 4.69) is 5.10 Å². The highest BCUT2D eigenvalue weighted by molar-refractivity contribution is 5.85. The second-order valence-electron chi connectivity index (χ2n) is 3.70. The van der Waals surface area contributed by atoms with Gasteiger partial charge < -0.3 is 15.6 Å². The summed E-state index contributed by atoms with van der Waals surface area (Å²) >= 11 is 0. The van der Waals surface area contributed by atoms with Crippen molar-refractivity contribution in [2.75, 3.05) is 13.7 Å². The predicted molar refractivity (Wildman–Crippen MR) is 61.3 cm³/mol. The first-order chi connectivity index (χ1) is 7.67. The Kier molecular flexibility index (Phi) is 2.80. The van der Waals surface area contributed by atoms with E-state index in [1.54, 1.807) is 11.8 Å². The third-order valence-electron chi connectivity index (χ3n) is 2.66. The maximum absolute atomic E-state index is 9.01. The summed E-state index contributed by atoms with van der Waals surface area (Å²) in [7, 11) is 3.44. The molecule has 0 saturated carbocycles. The fourth-order valence-corrected chi connectivity index (χ4v) is 1.74. The summed E-state index contributed by atoms with van der Waals surface area (Å²) in [6.45, 7) is -0.0753. The Balaban J connectivity index is 2.59. The van der Waals surface area contributed by atoms with Crippen LogP contribution >= 0.6 is 0 Å². The van der Waals surface area contributed by atoms with Gasteiger partial charge in [0, 0.05) is 7.05 Å². The maximum atomic E-state index is 9.01. The average molecular weight is 221 g/mol. The van der Waals surface area contributed by atoms with E-state index in [9.17, 15) is 0 Å². The van der Waals surface area contributed by atoms with E-state index in [0.717, 1.165) is 16.5 Å². The lowest BCUT2D eigenvalue weighted by molar-refractivity contribution is 0.268. The van der Waals surface area contributed by atoms with Crippen LogP contribution < -0.4 is 10.5 Å². The average Bonchev–Trinajstić information content (AvgIpc) is 2.64. The van der Waals surface area contributed by atoms with Crippen molar-refractivity contribution in [3.05, 3.63) is 23.8 Å². The summed E-state index contributed by atoms with van der Waals surface area (Å²) in [6.07, 6.45) is 0. The summed E-state index contributed by atoms with van der Waals surface area (Å²) in [4.78, 5) is 0. The zero-order valence-electron chi connectivity index (χ0n) is 9.34. The van der Waals surface area contributed by atoms with E-state index in [-0.39, 0.29) is 12.6 Å². The molecule has 0 spiro atoms. The summed E-state index contributed by atoms with van der Waals surface area (Å²) in [5, 5.41) is 14.1.